The molecule has 0 unspecified atom stereocenters. The summed E-state index contributed by atoms with van der Waals surface area (Å²) in [5.41, 5.74) is 5.81. The quantitative estimate of drug-likeness (QED) is 0.513. The largest absolute Gasteiger partial charge is 0.497 e. The van der Waals surface area contributed by atoms with Crippen LogP contribution in [0.3, 0.4) is 0 Å². The average Bonchev–Trinajstić information content (AvgIpc) is 3.30. The molecule has 1 aromatic carbocycles. The standard InChI is InChI=1S/C20H22N6O2.C2H6/c1-11-8-15(27-5)6-7-16(11)19-13(3)24-26-17(9-12(2)22-20(19)26)21-10-18-23-14(4)25-28-18;1-2/h6-9,21H,10H2,1-5H3;1-2H3. The summed E-state index contributed by atoms with van der Waals surface area (Å²) in [4.78, 5) is 8.98. The molecule has 0 fully saturated rings. The monoisotopic (exact) mass is 408 g/mol. The van der Waals surface area contributed by atoms with Crippen LogP contribution in [0, 0.1) is 27.7 Å². The Morgan fingerprint density at radius 2 is 1.83 bits per heavy atom. The Bertz CT molecular complexity index is 1160. The predicted molar refractivity (Wildman–Crippen MR) is 117 cm³/mol. The Labute approximate surface area is 176 Å². The molecule has 8 heteroatoms. The van der Waals surface area contributed by atoms with Gasteiger partial charge in [0.25, 0.3) is 0 Å². The van der Waals surface area contributed by atoms with Crippen LogP contribution in [-0.2, 0) is 6.54 Å². The fourth-order valence-corrected chi connectivity index (χ4v) is 3.31. The Balaban J connectivity index is 0.00000124. The lowest BCUT2D eigenvalue weighted by molar-refractivity contribution is 0.379. The van der Waals surface area contributed by atoms with E-state index >= 15 is 0 Å². The molecule has 1 N–H and O–H groups in total. The number of anilines is 1. The van der Waals surface area contributed by atoms with Gasteiger partial charge in [0.15, 0.2) is 11.5 Å². The highest BCUT2D eigenvalue weighted by molar-refractivity contribution is 5.83. The van der Waals surface area contributed by atoms with Gasteiger partial charge in [0.2, 0.25) is 5.89 Å². The predicted octanol–water partition coefficient (Wildman–Crippen LogP) is 4.66. The van der Waals surface area contributed by atoms with Crippen molar-refractivity contribution in [2.75, 3.05) is 12.4 Å². The van der Waals surface area contributed by atoms with Gasteiger partial charge in [-0.25, -0.2) is 4.98 Å². The summed E-state index contributed by atoms with van der Waals surface area (Å²) in [6.45, 7) is 12.2. The van der Waals surface area contributed by atoms with Crippen molar-refractivity contribution >= 4 is 11.5 Å². The van der Waals surface area contributed by atoms with E-state index < -0.39 is 0 Å². The highest BCUT2D eigenvalue weighted by atomic mass is 16.5. The number of nitrogens with one attached hydrogen (secondary N) is 1. The van der Waals surface area contributed by atoms with Crippen LogP contribution < -0.4 is 10.1 Å². The number of fused-ring (bicyclic) bond motifs is 1. The van der Waals surface area contributed by atoms with Gasteiger partial charge in [-0.15, -0.1) is 0 Å². The third-order valence-corrected chi connectivity index (χ3v) is 4.59. The van der Waals surface area contributed by atoms with Crippen molar-refractivity contribution in [1.82, 2.24) is 24.7 Å². The van der Waals surface area contributed by atoms with Crippen LogP contribution in [0.2, 0.25) is 0 Å². The molecule has 0 aliphatic heterocycles. The van der Waals surface area contributed by atoms with Crippen LogP contribution in [0.15, 0.2) is 28.8 Å². The number of rotatable bonds is 5. The fourth-order valence-electron chi connectivity index (χ4n) is 3.31. The summed E-state index contributed by atoms with van der Waals surface area (Å²) in [7, 11) is 1.67. The lowest BCUT2D eigenvalue weighted by atomic mass is 10.0. The first-order chi connectivity index (χ1) is 14.5. The minimum atomic E-state index is 0.412. The van der Waals surface area contributed by atoms with E-state index in [-0.39, 0.29) is 0 Å². The normalized spacial score (nSPS) is 10.6. The zero-order valence-electron chi connectivity index (χ0n) is 18.6. The van der Waals surface area contributed by atoms with Gasteiger partial charge < -0.3 is 14.6 Å². The maximum absolute atomic E-state index is 5.33. The lowest BCUT2D eigenvalue weighted by Gasteiger charge is -2.10. The number of aromatic nitrogens is 5. The van der Waals surface area contributed by atoms with Gasteiger partial charge >= 0.3 is 0 Å². The second kappa shape index (κ2) is 8.94. The van der Waals surface area contributed by atoms with E-state index in [1.54, 1.807) is 14.0 Å². The van der Waals surface area contributed by atoms with Crippen molar-refractivity contribution < 1.29 is 9.26 Å². The maximum Gasteiger partial charge on any atom is 0.245 e. The van der Waals surface area contributed by atoms with Crippen LogP contribution in [0.5, 0.6) is 5.75 Å². The van der Waals surface area contributed by atoms with Crippen molar-refractivity contribution in [3.63, 3.8) is 0 Å². The molecule has 30 heavy (non-hydrogen) atoms. The Morgan fingerprint density at radius 3 is 2.47 bits per heavy atom. The van der Waals surface area contributed by atoms with Crippen molar-refractivity contribution in [2.45, 2.75) is 48.1 Å². The third-order valence-electron chi connectivity index (χ3n) is 4.59. The van der Waals surface area contributed by atoms with E-state index in [0.717, 1.165) is 45.3 Å². The minimum absolute atomic E-state index is 0.412. The average molecular weight is 409 g/mol. The first-order valence-electron chi connectivity index (χ1n) is 10.0. The molecule has 0 radical (unpaired) electrons. The SMILES string of the molecule is CC.COc1ccc(-c2c(C)nn3c(NCc4nc(C)no4)cc(C)nc23)c(C)c1. The summed E-state index contributed by atoms with van der Waals surface area (Å²) >= 11 is 0. The van der Waals surface area contributed by atoms with Crippen molar-refractivity contribution in [3.05, 3.63) is 52.9 Å². The van der Waals surface area contributed by atoms with E-state index in [9.17, 15) is 0 Å². The number of methoxy groups -OCH3 is 1. The first-order valence-corrected chi connectivity index (χ1v) is 10.0. The van der Waals surface area contributed by atoms with Crippen LogP contribution >= 0.6 is 0 Å². The maximum atomic E-state index is 5.33. The second-order valence-electron chi connectivity index (χ2n) is 6.75. The summed E-state index contributed by atoms with van der Waals surface area (Å²) in [6.07, 6.45) is 0. The molecule has 158 valence electrons. The molecular formula is C22H28N6O2. The van der Waals surface area contributed by atoms with Crippen LogP contribution in [0.1, 0.15) is 42.5 Å². The molecule has 4 aromatic rings. The van der Waals surface area contributed by atoms with E-state index in [2.05, 4.69) is 28.4 Å². The van der Waals surface area contributed by atoms with Gasteiger partial charge in [-0.05, 0) is 51.0 Å². The third kappa shape index (κ3) is 4.12. The van der Waals surface area contributed by atoms with E-state index in [4.69, 9.17) is 19.3 Å². The van der Waals surface area contributed by atoms with Gasteiger partial charge in [0.1, 0.15) is 11.6 Å². The van der Waals surface area contributed by atoms with Crippen molar-refractivity contribution in [3.8, 4) is 16.9 Å². The molecule has 8 nitrogen and oxygen atoms in total. The van der Waals surface area contributed by atoms with E-state index in [1.807, 2.05) is 50.4 Å². The smallest absolute Gasteiger partial charge is 0.245 e. The number of benzene rings is 1. The molecule has 0 amide bonds. The van der Waals surface area contributed by atoms with Crippen LogP contribution in [0.4, 0.5) is 5.82 Å². The number of hydrogen-bond acceptors (Lipinski definition) is 7. The summed E-state index contributed by atoms with van der Waals surface area (Å²) in [6, 6.07) is 7.98. The number of aryl methyl sites for hydroxylation is 4. The van der Waals surface area contributed by atoms with Crippen LogP contribution in [-0.4, -0.2) is 31.8 Å². The molecule has 0 atom stereocenters. The van der Waals surface area contributed by atoms with Gasteiger partial charge in [0.05, 0.1) is 19.3 Å². The number of nitrogens with zero attached hydrogens (tertiary/aromatic N) is 5. The second-order valence-corrected chi connectivity index (χ2v) is 6.75. The van der Waals surface area contributed by atoms with Crippen molar-refractivity contribution in [1.29, 1.82) is 0 Å². The van der Waals surface area contributed by atoms with E-state index in [0.29, 0.717) is 18.3 Å². The first kappa shape index (κ1) is 21.3. The van der Waals surface area contributed by atoms with Gasteiger partial charge in [0, 0.05) is 17.3 Å². The molecular weight excluding hydrogens is 380 g/mol. The number of ether oxygens (including phenoxy) is 1. The van der Waals surface area contributed by atoms with Gasteiger partial charge in [-0.2, -0.15) is 14.6 Å². The summed E-state index contributed by atoms with van der Waals surface area (Å²) < 4.78 is 12.3. The van der Waals surface area contributed by atoms with Gasteiger partial charge in [-0.3, -0.25) is 0 Å². The highest BCUT2D eigenvalue weighted by Crippen LogP contribution is 2.33. The molecule has 0 saturated carbocycles. The topological polar surface area (TPSA) is 90.4 Å². The molecule has 3 aromatic heterocycles. The Kier molecular flexibility index (Phi) is 6.34. The zero-order valence-corrected chi connectivity index (χ0v) is 18.6. The molecule has 0 spiro atoms. The molecule has 0 aliphatic carbocycles. The summed E-state index contributed by atoms with van der Waals surface area (Å²) in [5, 5.41) is 11.9. The fraction of sp³-hybridized carbons (Fsp3) is 0.364. The highest BCUT2D eigenvalue weighted by Gasteiger charge is 2.18. The molecule has 0 saturated heterocycles. The zero-order chi connectivity index (χ0) is 21.8. The van der Waals surface area contributed by atoms with E-state index in [1.165, 1.54) is 0 Å². The number of hydrogen-bond donors (Lipinski definition) is 1. The molecule has 0 bridgehead atoms. The van der Waals surface area contributed by atoms with Crippen LogP contribution in [0.25, 0.3) is 16.8 Å². The van der Waals surface area contributed by atoms with Crippen molar-refractivity contribution in [2.24, 2.45) is 0 Å². The molecule has 3 heterocycles. The minimum Gasteiger partial charge on any atom is -0.497 e. The van der Waals surface area contributed by atoms with Gasteiger partial charge in [-0.1, -0.05) is 25.1 Å². The molecule has 4 rings (SSSR count). The Morgan fingerprint density at radius 1 is 1.07 bits per heavy atom. The molecule has 0 aliphatic rings. The summed E-state index contributed by atoms with van der Waals surface area (Å²) in [5.74, 6) is 2.78. The Hall–Kier alpha value is -3.42. The lowest BCUT2D eigenvalue weighted by Crippen LogP contribution is -2.07.